The highest BCUT2D eigenvalue weighted by Crippen LogP contribution is 2.43. The lowest BCUT2D eigenvalue weighted by molar-refractivity contribution is -0.161. The van der Waals surface area contributed by atoms with Crippen LogP contribution in [0.25, 0.3) is 0 Å². The number of phosphoric acid groups is 1. The second kappa shape index (κ2) is 48.7. The van der Waals surface area contributed by atoms with E-state index in [1.807, 2.05) is 0 Å². The highest BCUT2D eigenvalue weighted by molar-refractivity contribution is 7.47. The first kappa shape index (κ1) is 60.2. The number of phosphoric ester groups is 1. The van der Waals surface area contributed by atoms with Crippen LogP contribution in [0.15, 0.2) is 0 Å². The van der Waals surface area contributed by atoms with Crippen molar-refractivity contribution in [3.05, 3.63) is 0 Å². The van der Waals surface area contributed by atoms with Crippen molar-refractivity contribution in [3.63, 3.8) is 0 Å². The fraction of sp³-hybridized carbons (Fsp3) is 0.811. The zero-order valence-electron chi connectivity index (χ0n) is 40.1. The molecule has 10 heteroatoms. The number of hydrogen-bond acceptors (Lipinski definition) is 8. The number of hydrogen-bond donors (Lipinski definition) is 2. The van der Waals surface area contributed by atoms with E-state index in [1.165, 1.54) is 96.3 Å². The molecule has 0 saturated carbocycles. The summed E-state index contributed by atoms with van der Waals surface area (Å²) in [6.07, 6.45) is 36.1. The van der Waals surface area contributed by atoms with Gasteiger partial charge in [0.15, 0.2) is 6.10 Å². The van der Waals surface area contributed by atoms with Crippen LogP contribution in [0.2, 0.25) is 0 Å². The lowest BCUT2D eigenvalue weighted by Crippen LogP contribution is -2.29. The number of rotatable bonds is 43. The molecule has 0 amide bonds. The maximum Gasteiger partial charge on any atom is 0.472 e. The van der Waals surface area contributed by atoms with Crippen LogP contribution in [-0.4, -0.2) is 54.5 Å². The van der Waals surface area contributed by atoms with Crippen LogP contribution in [0.1, 0.15) is 245 Å². The Balaban J connectivity index is 4.28. The van der Waals surface area contributed by atoms with Crippen molar-refractivity contribution in [2.24, 2.45) is 0 Å². The Hall–Kier alpha value is -2.75. The van der Waals surface area contributed by atoms with E-state index in [-0.39, 0.29) is 32.7 Å². The van der Waals surface area contributed by atoms with Crippen molar-refractivity contribution in [1.82, 2.24) is 0 Å². The molecule has 0 fully saturated rings. The van der Waals surface area contributed by atoms with E-state index < -0.39 is 32.5 Å². The first-order valence-electron chi connectivity index (χ1n) is 25.3. The summed E-state index contributed by atoms with van der Waals surface area (Å²) in [6.45, 7) is 3.62. The molecule has 0 aliphatic rings. The first-order chi connectivity index (χ1) is 30.8. The number of aliphatic hydroxyl groups is 1. The van der Waals surface area contributed by atoms with E-state index >= 15 is 0 Å². The molecule has 0 radical (unpaired) electrons. The maximum atomic E-state index is 12.7. The quantitative estimate of drug-likeness (QED) is 0.0266. The molecular formula is C53H89O9P. The van der Waals surface area contributed by atoms with Crippen LogP contribution >= 0.6 is 7.82 Å². The van der Waals surface area contributed by atoms with Crippen molar-refractivity contribution in [2.45, 2.75) is 251 Å². The molecule has 9 nitrogen and oxygen atoms in total. The minimum Gasteiger partial charge on any atom is -0.462 e. The lowest BCUT2D eigenvalue weighted by Gasteiger charge is -2.20. The summed E-state index contributed by atoms with van der Waals surface area (Å²) < 4.78 is 33.3. The minimum absolute atomic E-state index is 0.0559. The molecule has 360 valence electrons. The summed E-state index contributed by atoms with van der Waals surface area (Å²) in [5.74, 6) is 23.7. The van der Waals surface area contributed by atoms with Crippen molar-refractivity contribution >= 4 is 19.8 Å². The van der Waals surface area contributed by atoms with E-state index in [2.05, 4.69) is 61.2 Å². The van der Waals surface area contributed by atoms with Crippen molar-refractivity contribution in [3.8, 4) is 47.4 Å². The molecule has 0 spiro atoms. The van der Waals surface area contributed by atoms with Gasteiger partial charge in [0, 0.05) is 45.1 Å². The molecule has 0 rings (SSSR count). The van der Waals surface area contributed by atoms with Crippen LogP contribution in [0.4, 0.5) is 0 Å². The standard InChI is InChI=1S/C53H89O9P/c1-3-5-7-9-11-13-15-17-19-21-23-25-27-29-31-33-35-37-39-41-45-52(55)59-49-51(50-61-63(57,58)60-48-44-43-47-54)62-53(56)46-42-40-38-36-34-32-30-28-26-24-22-20-18-16-14-12-10-8-6-4-2/h51,54H,3-20,29-50H2,1-2H3,(H,57,58). The summed E-state index contributed by atoms with van der Waals surface area (Å²) in [5.41, 5.74) is 0. The molecule has 2 unspecified atom stereocenters. The number of aliphatic hydroxyl groups excluding tert-OH is 1. The number of carbonyl (C=O) groups excluding carboxylic acids is 2. The molecule has 0 aromatic rings. The van der Waals surface area contributed by atoms with Gasteiger partial charge in [-0.3, -0.25) is 18.6 Å². The van der Waals surface area contributed by atoms with Crippen molar-refractivity contribution in [1.29, 1.82) is 0 Å². The average Bonchev–Trinajstić information content (AvgIpc) is 3.27. The highest BCUT2D eigenvalue weighted by Gasteiger charge is 2.26. The van der Waals surface area contributed by atoms with E-state index in [9.17, 15) is 19.0 Å². The third-order valence-corrected chi connectivity index (χ3v) is 11.6. The maximum absolute atomic E-state index is 12.7. The number of ether oxygens (including phenoxy) is 2. The summed E-state index contributed by atoms with van der Waals surface area (Å²) >= 11 is 0. The Morgan fingerprint density at radius 2 is 0.825 bits per heavy atom. The van der Waals surface area contributed by atoms with E-state index in [1.54, 1.807) is 0 Å². The van der Waals surface area contributed by atoms with Gasteiger partial charge in [-0.2, -0.15) is 0 Å². The van der Waals surface area contributed by atoms with Gasteiger partial charge in [0.2, 0.25) is 0 Å². The fourth-order valence-corrected chi connectivity index (χ4v) is 7.52. The predicted octanol–water partition coefficient (Wildman–Crippen LogP) is 13.7. The second-order valence-electron chi connectivity index (χ2n) is 16.7. The Morgan fingerprint density at radius 1 is 0.460 bits per heavy atom. The Labute approximate surface area is 386 Å². The summed E-state index contributed by atoms with van der Waals surface area (Å²) in [6, 6.07) is 0. The van der Waals surface area contributed by atoms with Gasteiger partial charge in [-0.05, 0) is 75.0 Å². The van der Waals surface area contributed by atoms with Crippen LogP contribution in [0.5, 0.6) is 0 Å². The Bertz CT molecular complexity index is 1380. The third-order valence-electron chi connectivity index (χ3n) is 10.6. The zero-order valence-corrected chi connectivity index (χ0v) is 41.0. The molecule has 0 heterocycles. The van der Waals surface area contributed by atoms with E-state index in [0.29, 0.717) is 25.7 Å². The smallest absolute Gasteiger partial charge is 0.462 e. The number of unbranched alkanes of at least 4 members (excludes halogenated alkanes) is 29. The summed E-state index contributed by atoms with van der Waals surface area (Å²) in [4.78, 5) is 35.2. The van der Waals surface area contributed by atoms with E-state index in [0.717, 1.165) is 96.3 Å². The monoisotopic (exact) mass is 901 g/mol. The molecule has 2 atom stereocenters. The number of carbonyl (C=O) groups is 2. The van der Waals surface area contributed by atoms with Gasteiger partial charge < -0.3 is 19.5 Å². The van der Waals surface area contributed by atoms with Gasteiger partial charge >= 0.3 is 19.8 Å². The average molecular weight is 901 g/mol. The first-order valence-corrected chi connectivity index (χ1v) is 26.8. The van der Waals surface area contributed by atoms with Gasteiger partial charge in [-0.1, -0.05) is 179 Å². The van der Waals surface area contributed by atoms with Gasteiger partial charge in [0.05, 0.1) is 13.2 Å². The van der Waals surface area contributed by atoms with Gasteiger partial charge in [-0.25, -0.2) is 4.57 Å². The zero-order chi connectivity index (χ0) is 46.0. The summed E-state index contributed by atoms with van der Waals surface area (Å²) in [7, 11) is -4.43. The molecule has 0 aromatic heterocycles. The fourth-order valence-electron chi connectivity index (χ4n) is 6.73. The number of esters is 2. The van der Waals surface area contributed by atoms with Gasteiger partial charge in [-0.15, -0.1) is 0 Å². The van der Waals surface area contributed by atoms with Gasteiger partial charge in [0.25, 0.3) is 0 Å². The highest BCUT2D eigenvalue weighted by atomic mass is 31.2. The molecule has 0 aromatic carbocycles. The molecule has 0 aliphatic carbocycles. The molecular weight excluding hydrogens is 812 g/mol. The predicted molar refractivity (Wildman–Crippen MR) is 258 cm³/mol. The lowest BCUT2D eigenvalue weighted by atomic mass is 10.1. The van der Waals surface area contributed by atoms with Crippen LogP contribution in [-0.2, 0) is 32.7 Å². The molecule has 2 N–H and O–H groups in total. The SMILES string of the molecule is CCCCCCCCCCC#CC#CCCCCCCCCC(=O)OCC(COP(=O)(O)OCCCCO)OC(=O)CCCCCCCCC#CC#CCCCCCCCCCC. The van der Waals surface area contributed by atoms with Crippen LogP contribution in [0, 0.1) is 47.4 Å². The van der Waals surface area contributed by atoms with Crippen LogP contribution in [0.3, 0.4) is 0 Å². The molecule has 0 bridgehead atoms. The molecule has 0 saturated heterocycles. The van der Waals surface area contributed by atoms with E-state index in [4.69, 9.17) is 23.6 Å². The second-order valence-corrected chi connectivity index (χ2v) is 18.2. The van der Waals surface area contributed by atoms with Gasteiger partial charge in [0.1, 0.15) is 6.61 Å². The Kier molecular flexibility index (Phi) is 46.6. The topological polar surface area (TPSA) is 129 Å². The largest absolute Gasteiger partial charge is 0.472 e. The molecule has 63 heavy (non-hydrogen) atoms. The van der Waals surface area contributed by atoms with Crippen LogP contribution < -0.4 is 0 Å². The molecule has 0 aliphatic heterocycles. The summed E-state index contributed by atoms with van der Waals surface area (Å²) in [5, 5.41) is 8.93. The van der Waals surface area contributed by atoms with Crippen molar-refractivity contribution < 1.29 is 42.7 Å². The minimum atomic E-state index is -4.43. The Morgan fingerprint density at radius 3 is 1.22 bits per heavy atom. The normalized spacial score (nSPS) is 12.0. The third kappa shape index (κ3) is 48.5. The van der Waals surface area contributed by atoms with Crippen molar-refractivity contribution in [2.75, 3.05) is 26.4 Å².